The lowest BCUT2D eigenvalue weighted by Crippen LogP contribution is -2.63. The van der Waals surface area contributed by atoms with Crippen molar-refractivity contribution < 1.29 is 41.9 Å². The second kappa shape index (κ2) is 15.3. The number of hydrogen-bond acceptors (Lipinski definition) is 9. The number of quaternary nitrogens is 1. The van der Waals surface area contributed by atoms with Crippen LogP contribution in [0.5, 0.6) is 0 Å². The van der Waals surface area contributed by atoms with Crippen LogP contribution in [0.2, 0.25) is 5.02 Å². The maximum atomic E-state index is 14.1. The average molecular weight is 839 g/mol. The lowest BCUT2D eigenvalue weighted by atomic mass is 9.90. The number of aromatic nitrogens is 5. The number of imidazole rings is 1. The Labute approximate surface area is 341 Å². The van der Waals surface area contributed by atoms with E-state index in [1.54, 1.807) is 4.90 Å². The number of piperazine rings is 1. The first-order chi connectivity index (χ1) is 28.0. The van der Waals surface area contributed by atoms with E-state index in [0.717, 1.165) is 49.6 Å². The van der Waals surface area contributed by atoms with E-state index in [2.05, 4.69) is 25.7 Å². The van der Waals surface area contributed by atoms with Gasteiger partial charge in [0.15, 0.2) is 23.9 Å². The number of hydrogen-bond donors (Lipinski definition) is 4. The average Bonchev–Trinajstić information content (AvgIpc) is 3.58. The summed E-state index contributed by atoms with van der Waals surface area (Å²) in [5, 5.41) is 19.4. The van der Waals surface area contributed by atoms with Crippen molar-refractivity contribution in [1.82, 2.24) is 39.4 Å². The van der Waals surface area contributed by atoms with Crippen LogP contribution in [0, 0.1) is 11.8 Å². The van der Waals surface area contributed by atoms with Gasteiger partial charge in [0.05, 0.1) is 65.1 Å². The van der Waals surface area contributed by atoms with E-state index in [1.165, 1.54) is 48.1 Å². The van der Waals surface area contributed by atoms with Crippen LogP contribution in [0.3, 0.4) is 0 Å². The zero-order valence-electron chi connectivity index (χ0n) is 32.2. The predicted octanol–water partition coefficient (Wildman–Crippen LogP) is 3.52. The van der Waals surface area contributed by atoms with Gasteiger partial charge in [-0.1, -0.05) is 11.6 Å². The second-order valence-electron chi connectivity index (χ2n) is 16.2. The molecule has 4 fully saturated rings. The number of nitrogens with two attached hydrogens (primary N) is 1. The summed E-state index contributed by atoms with van der Waals surface area (Å²) in [5.74, 6) is -1.59. The number of benzene rings is 1. The number of nitrogen functional groups attached to an aromatic ring is 1. The van der Waals surface area contributed by atoms with Gasteiger partial charge in [-0.3, -0.25) is 14.4 Å². The molecule has 3 amide bonds. The van der Waals surface area contributed by atoms with Gasteiger partial charge in [0.2, 0.25) is 5.91 Å². The summed E-state index contributed by atoms with van der Waals surface area (Å²) in [6.45, 7) is 5.08. The number of pyridine rings is 1. The van der Waals surface area contributed by atoms with Gasteiger partial charge >= 0.3 is 12.1 Å². The molecule has 0 bridgehead atoms. The van der Waals surface area contributed by atoms with E-state index < -0.39 is 29.3 Å². The molecule has 5 N–H and O–H groups in total. The monoisotopic (exact) mass is 838 g/mol. The minimum atomic E-state index is -4.83. The molecule has 1 aromatic carbocycles. The Morgan fingerprint density at radius 1 is 1.07 bits per heavy atom. The number of alkyl halides is 3. The molecule has 1 saturated carbocycles. The first kappa shape index (κ1) is 40.3. The van der Waals surface area contributed by atoms with E-state index in [-0.39, 0.29) is 63.5 Å². The summed E-state index contributed by atoms with van der Waals surface area (Å²) >= 11 is 6.65. The molecular formula is C39H44ClF3N11O5+. The number of likely N-dealkylation sites (tertiary alicyclic amines) is 1. The highest BCUT2D eigenvalue weighted by molar-refractivity contribution is 6.34. The van der Waals surface area contributed by atoms with Crippen LogP contribution in [-0.2, 0) is 22.8 Å². The lowest BCUT2D eigenvalue weighted by Gasteiger charge is -2.47. The van der Waals surface area contributed by atoms with E-state index in [4.69, 9.17) is 17.3 Å². The Morgan fingerprint density at radius 3 is 2.42 bits per heavy atom. The third-order valence-electron chi connectivity index (χ3n) is 12.2. The number of anilines is 2. The van der Waals surface area contributed by atoms with Crippen LogP contribution in [0.25, 0.3) is 17.1 Å². The number of nitrogens with one attached hydrogen (secondary N) is 2. The molecule has 8 rings (SSSR count). The van der Waals surface area contributed by atoms with E-state index >= 15 is 0 Å². The molecule has 0 radical (unpaired) electrons. The van der Waals surface area contributed by atoms with Crippen LogP contribution in [-0.4, -0.2) is 132 Å². The number of aliphatic carboxylic acids is 1. The lowest BCUT2D eigenvalue weighted by molar-refractivity contribution is -0.929. The fourth-order valence-electron chi connectivity index (χ4n) is 8.78. The number of rotatable bonds is 10. The molecule has 312 valence electrons. The first-order valence-electron chi connectivity index (χ1n) is 19.4. The quantitative estimate of drug-likeness (QED) is 0.172. The fraction of sp³-hybridized carbons (Fsp3) is 0.462. The minimum Gasteiger partial charge on any atom is -0.477 e. The number of carboxylic acid groups (broad SMARTS) is 1. The Morgan fingerprint density at radius 2 is 1.81 bits per heavy atom. The van der Waals surface area contributed by atoms with Gasteiger partial charge in [-0.05, 0) is 43.2 Å². The number of piperidine rings is 1. The summed E-state index contributed by atoms with van der Waals surface area (Å²) in [4.78, 5) is 64.7. The maximum absolute atomic E-state index is 14.1. The van der Waals surface area contributed by atoms with Crippen molar-refractivity contribution in [3.8, 4) is 17.1 Å². The Kier molecular flexibility index (Phi) is 10.4. The van der Waals surface area contributed by atoms with Gasteiger partial charge in [-0.15, -0.1) is 0 Å². The van der Waals surface area contributed by atoms with Gasteiger partial charge in [-0.2, -0.15) is 18.3 Å². The smallest absolute Gasteiger partial charge is 0.435 e. The molecule has 0 atom stereocenters. The zero-order chi connectivity index (χ0) is 41.9. The molecule has 1 aliphatic carbocycles. The SMILES string of the molecule is Cn1c(-c2cn(-c3ccc(N)cn3)nc2C(F)(F)F)cnc1C(=O)Nc1ccc(C(=O)N2CCN(C(=O)C3CC[N+](CC(=O)O)(CC4CNC4)CC3)CC23CC3)c(Cl)c1. The predicted molar refractivity (Wildman–Crippen MR) is 208 cm³/mol. The van der Waals surface area contributed by atoms with Crippen molar-refractivity contribution in [2.45, 2.75) is 37.4 Å². The second-order valence-corrected chi connectivity index (χ2v) is 16.6. The number of nitrogens with zero attached hydrogens (tertiary/aromatic N) is 8. The number of halogens is 4. The summed E-state index contributed by atoms with van der Waals surface area (Å²) in [5.41, 5.74) is 4.42. The highest BCUT2D eigenvalue weighted by Crippen LogP contribution is 2.46. The maximum Gasteiger partial charge on any atom is 0.435 e. The van der Waals surface area contributed by atoms with Gasteiger partial charge in [0.25, 0.3) is 11.8 Å². The first-order valence-corrected chi connectivity index (χ1v) is 19.8. The molecule has 4 aromatic rings. The van der Waals surface area contributed by atoms with Gasteiger partial charge < -0.3 is 40.3 Å². The van der Waals surface area contributed by atoms with Gasteiger partial charge in [0, 0.05) is 76.3 Å². The van der Waals surface area contributed by atoms with Crippen molar-refractivity contribution in [3.63, 3.8) is 0 Å². The molecule has 3 aliphatic heterocycles. The molecule has 59 heavy (non-hydrogen) atoms. The van der Waals surface area contributed by atoms with Crippen molar-refractivity contribution >= 4 is 46.7 Å². The molecule has 3 saturated heterocycles. The van der Waals surface area contributed by atoms with Gasteiger partial charge in [0.1, 0.15) is 0 Å². The van der Waals surface area contributed by atoms with Crippen LogP contribution < -0.4 is 16.4 Å². The number of amides is 3. The number of carboxylic acids is 1. The highest BCUT2D eigenvalue weighted by atomic mass is 35.5. The fourth-order valence-corrected chi connectivity index (χ4v) is 9.05. The summed E-state index contributed by atoms with van der Waals surface area (Å²) in [6, 6.07) is 7.36. The molecule has 0 unspecified atom stereocenters. The molecule has 20 heteroatoms. The van der Waals surface area contributed by atoms with Crippen LogP contribution in [0.4, 0.5) is 24.5 Å². The Balaban J connectivity index is 0.908. The van der Waals surface area contributed by atoms with E-state index in [1.807, 2.05) is 4.90 Å². The molecule has 3 aromatic heterocycles. The summed E-state index contributed by atoms with van der Waals surface area (Å²) < 4.78 is 45.1. The molecule has 1 spiro atoms. The largest absolute Gasteiger partial charge is 0.477 e. The Hall–Kier alpha value is -5.53. The molecular weight excluding hydrogens is 795 g/mol. The normalized spacial score (nSPS) is 21.6. The Bertz CT molecular complexity index is 2300. The summed E-state index contributed by atoms with van der Waals surface area (Å²) in [7, 11) is 1.41. The molecule has 16 nitrogen and oxygen atoms in total. The number of carbonyl (C=O) groups is 4. The third-order valence-corrected chi connectivity index (χ3v) is 12.5. The standard InChI is InChI=1S/C39H43ClF3N11O5/c1-50-30(28-19-53(49-33(28)39(41,42)43)31-5-2-25(44)17-46-31)18-47-34(50)35(57)48-26-3-4-27(29(40)14-26)37(59)52-11-10-51(22-38(52)8-9-38)36(58)24-6-12-54(13-7-24,21-32(55)56)20-23-15-45-16-23/h2-5,14,17-19,23-24,45H,6-13,15-16,20-22,44H2,1H3,(H-,48,55,56,57,59)/p+1. The van der Waals surface area contributed by atoms with E-state index in [9.17, 15) is 37.5 Å². The van der Waals surface area contributed by atoms with Crippen molar-refractivity contribution in [2.75, 3.05) is 70.0 Å². The zero-order valence-corrected chi connectivity index (χ0v) is 33.0. The topological polar surface area (TPSA) is 194 Å². The van der Waals surface area contributed by atoms with Crippen molar-refractivity contribution in [1.29, 1.82) is 0 Å². The van der Waals surface area contributed by atoms with Crippen LogP contribution in [0.1, 0.15) is 52.4 Å². The third kappa shape index (κ3) is 7.97. The summed E-state index contributed by atoms with van der Waals surface area (Å²) in [6.07, 6.45) is 1.50. The highest BCUT2D eigenvalue weighted by Gasteiger charge is 2.55. The van der Waals surface area contributed by atoms with Crippen molar-refractivity contribution in [3.05, 3.63) is 71.0 Å². The van der Waals surface area contributed by atoms with Crippen molar-refractivity contribution in [2.24, 2.45) is 18.9 Å². The minimum absolute atomic E-state index is 0.0214. The molecule has 6 heterocycles. The van der Waals surface area contributed by atoms with E-state index in [0.29, 0.717) is 61.7 Å². The van der Waals surface area contributed by atoms with Crippen LogP contribution in [0.15, 0.2) is 48.9 Å². The molecule has 4 aliphatic rings. The number of carbonyl (C=O) groups excluding carboxylic acids is 3. The van der Waals surface area contributed by atoms with Crippen LogP contribution >= 0.6 is 11.6 Å². The van der Waals surface area contributed by atoms with Gasteiger partial charge in [-0.25, -0.2) is 19.4 Å².